The average molecular weight is 413 g/mol. The van der Waals surface area contributed by atoms with Gasteiger partial charge in [-0.2, -0.15) is 5.26 Å². The predicted molar refractivity (Wildman–Crippen MR) is 119 cm³/mol. The predicted octanol–water partition coefficient (Wildman–Crippen LogP) is 6.84. The van der Waals surface area contributed by atoms with Crippen molar-refractivity contribution in [2.45, 2.75) is 19.8 Å². The van der Waals surface area contributed by atoms with Gasteiger partial charge in [0.15, 0.2) is 0 Å². The van der Waals surface area contributed by atoms with Crippen molar-refractivity contribution in [2.75, 3.05) is 6.61 Å². The van der Waals surface area contributed by atoms with E-state index < -0.39 is 5.82 Å². The molecular weight excluding hydrogens is 392 g/mol. The molecule has 0 unspecified atom stereocenters. The van der Waals surface area contributed by atoms with E-state index in [1.807, 2.05) is 55.5 Å². The lowest BCUT2D eigenvalue weighted by Gasteiger charge is -2.10. The van der Waals surface area contributed by atoms with Crippen molar-refractivity contribution >= 4 is 10.8 Å². The highest BCUT2D eigenvalue weighted by Gasteiger charge is 2.10. The number of halogens is 2. The molecule has 0 saturated carbocycles. The third kappa shape index (κ3) is 4.41. The minimum atomic E-state index is -0.541. The Bertz CT molecular complexity index is 1270. The lowest BCUT2D eigenvalue weighted by atomic mass is 9.97. The zero-order chi connectivity index (χ0) is 21.8. The Morgan fingerprint density at radius 1 is 0.839 bits per heavy atom. The molecule has 2 nitrogen and oxygen atoms in total. The fourth-order valence-electron chi connectivity index (χ4n) is 3.70. The molecule has 31 heavy (non-hydrogen) atoms. The van der Waals surface area contributed by atoms with Crippen molar-refractivity contribution < 1.29 is 13.5 Å². The molecule has 0 radical (unpaired) electrons. The van der Waals surface area contributed by atoms with Crippen molar-refractivity contribution in [2.24, 2.45) is 0 Å². The molecule has 0 spiro atoms. The standard InChI is InChI=1S/C27H21F2NO/c1-2-31-24-12-9-19(10-13-24)21-11-14-25-22(16-21)8-7-20(27(25)29)5-3-18-4-6-23(17-30)26(28)15-18/h4,6-16H,2-3,5H2,1H3. The summed E-state index contributed by atoms with van der Waals surface area (Å²) in [5.74, 6) is 0.0375. The van der Waals surface area contributed by atoms with Crippen LogP contribution in [-0.2, 0) is 12.8 Å². The first kappa shape index (κ1) is 20.6. The van der Waals surface area contributed by atoms with E-state index in [-0.39, 0.29) is 11.4 Å². The van der Waals surface area contributed by atoms with E-state index in [0.717, 1.165) is 27.8 Å². The van der Waals surface area contributed by atoms with Crippen LogP contribution >= 0.6 is 0 Å². The second kappa shape index (κ2) is 8.97. The second-order valence-electron chi connectivity index (χ2n) is 7.36. The third-order valence-corrected chi connectivity index (χ3v) is 5.37. The van der Waals surface area contributed by atoms with Gasteiger partial charge in [-0.25, -0.2) is 8.78 Å². The molecule has 0 atom stereocenters. The van der Waals surface area contributed by atoms with E-state index >= 15 is 4.39 Å². The van der Waals surface area contributed by atoms with Crippen LogP contribution in [0.1, 0.15) is 23.6 Å². The van der Waals surface area contributed by atoms with E-state index in [1.54, 1.807) is 18.2 Å². The zero-order valence-corrected chi connectivity index (χ0v) is 17.2. The van der Waals surface area contributed by atoms with E-state index in [0.29, 0.717) is 30.4 Å². The smallest absolute Gasteiger partial charge is 0.141 e. The van der Waals surface area contributed by atoms with Crippen molar-refractivity contribution in [3.8, 4) is 22.9 Å². The van der Waals surface area contributed by atoms with E-state index in [9.17, 15) is 4.39 Å². The van der Waals surface area contributed by atoms with Gasteiger partial charge in [-0.1, -0.05) is 42.5 Å². The van der Waals surface area contributed by atoms with Crippen LogP contribution in [0.15, 0.2) is 72.8 Å². The average Bonchev–Trinajstić information content (AvgIpc) is 2.79. The number of ether oxygens (including phenoxy) is 1. The molecule has 4 aromatic carbocycles. The van der Waals surface area contributed by atoms with Gasteiger partial charge in [0.25, 0.3) is 0 Å². The van der Waals surface area contributed by atoms with Crippen LogP contribution in [0.5, 0.6) is 5.75 Å². The Kier molecular flexibility index (Phi) is 5.95. The molecule has 0 aliphatic heterocycles. The SMILES string of the molecule is CCOc1ccc(-c2ccc3c(F)c(CCc4ccc(C#N)c(F)c4)ccc3c2)cc1. The molecule has 154 valence electrons. The molecule has 4 heteroatoms. The molecule has 4 rings (SSSR count). The van der Waals surface area contributed by atoms with Crippen LogP contribution in [0.2, 0.25) is 0 Å². The molecule has 0 heterocycles. The Morgan fingerprint density at radius 2 is 1.61 bits per heavy atom. The maximum atomic E-state index is 15.1. The lowest BCUT2D eigenvalue weighted by molar-refractivity contribution is 0.340. The van der Waals surface area contributed by atoms with Crippen molar-refractivity contribution in [1.82, 2.24) is 0 Å². The Morgan fingerprint density at radius 3 is 2.32 bits per heavy atom. The van der Waals surface area contributed by atoms with Crippen LogP contribution in [0, 0.1) is 23.0 Å². The molecule has 0 aliphatic rings. The molecule has 0 aliphatic carbocycles. The fourth-order valence-corrected chi connectivity index (χ4v) is 3.70. The van der Waals surface area contributed by atoms with Gasteiger partial charge in [0, 0.05) is 5.39 Å². The fraction of sp³-hybridized carbons (Fsp3) is 0.148. The summed E-state index contributed by atoms with van der Waals surface area (Å²) in [5, 5.41) is 10.2. The number of fused-ring (bicyclic) bond motifs is 1. The normalized spacial score (nSPS) is 10.8. The number of benzene rings is 4. The molecule has 0 bridgehead atoms. The summed E-state index contributed by atoms with van der Waals surface area (Å²) in [7, 11) is 0. The highest BCUT2D eigenvalue weighted by Crippen LogP contribution is 2.29. The molecule has 0 N–H and O–H groups in total. The Balaban J connectivity index is 1.56. The summed E-state index contributed by atoms with van der Waals surface area (Å²) in [6.07, 6.45) is 0.947. The maximum Gasteiger partial charge on any atom is 0.141 e. The molecular formula is C27H21F2NO. The van der Waals surface area contributed by atoms with Gasteiger partial charge >= 0.3 is 0 Å². The summed E-state index contributed by atoms with van der Waals surface area (Å²) >= 11 is 0. The van der Waals surface area contributed by atoms with Crippen LogP contribution in [0.25, 0.3) is 21.9 Å². The van der Waals surface area contributed by atoms with Gasteiger partial charge in [-0.3, -0.25) is 0 Å². The minimum absolute atomic E-state index is 0.0176. The highest BCUT2D eigenvalue weighted by atomic mass is 19.1. The van der Waals surface area contributed by atoms with Crippen molar-refractivity contribution in [1.29, 1.82) is 5.26 Å². The Labute approximate surface area is 180 Å². The van der Waals surface area contributed by atoms with Gasteiger partial charge in [0.1, 0.15) is 23.5 Å². The number of aryl methyl sites for hydroxylation is 2. The van der Waals surface area contributed by atoms with Crippen LogP contribution in [0.3, 0.4) is 0 Å². The number of hydrogen-bond donors (Lipinski definition) is 0. The molecule has 0 saturated heterocycles. The minimum Gasteiger partial charge on any atom is -0.494 e. The molecule has 4 aromatic rings. The van der Waals surface area contributed by atoms with Gasteiger partial charge < -0.3 is 4.74 Å². The first-order valence-electron chi connectivity index (χ1n) is 10.2. The monoisotopic (exact) mass is 413 g/mol. The van der Waals surface area contributed by atoms with Crippen molar-refractivity contribution in [3.05, 3.63) is 101 Å². The number of nitriles is 1. The number of rotatable bonds is 6. The number of hydrogen-bond acceptors (Lipinski definition) is 2. The quantitative estimate of drug-likeness (QED) is 0.347. The summed E-state index contributed by atoms with van der Waals surface area (Å²) in [4.78, 5) is 0. The van der Waals surface area contributed by atoms with E-state index in [4.69, 9.17) is 10.00 Å². The van der Waals surface area contributed by atoms with E-state index in [2.05, 4.69) is 0 Å². The topological polar surface area (TPSA) is 33.0 Å². The summed E-state index contributed by atoms with van der Waals surface area (Å²) in [6, 6.07) is 23.6. The largest absolute Gasteiger partial charge is 0.494 e. The van der Waals surface area contributed by atoms with Crippen LogP contribution < -0.4 is 4.74 Å². The number of nitrogens with zero attached hydrogens (tertiary/aromatic N) is 1. The van der Waals surface area contributed by atoms with Crippen LogP contribution in [0.4, 0.5) is 8.78 Å². The maximum absolute atomic E-state index is 15.1. The van der Waals surface area contributed by atoms with Gasteiger partial charge in [0.05, 0.1) is 12.2 Å². The zero-order valence-electron chi connectivity index (χ0n) is 17.2. The molecule has 0 fully saturated rings. The summed E-state index contributed by atoms with van der Waals surface area (Å²) < 4.78 is 34.4. The first-order chi connectivity index (χ1) is 15.1. The van der Waals surface area contributed by atoms with E-state index in [1.165, 1.54) is 12.1 Å². The third-order valence-electron chi connectivity index (χ3n) is 5.37. The van der Waals surface area contributed by atoms with Gasteiger partial charge in [-0.15, -0.1) is 0 Å². The van der Waals surface area contributed by atoms with Gasteiger partial charge in [-0.05, 0) is 77.7 Å². The Hall–Kier alpha value is -3.71. The van der Waals surface area contributed by atoms with Crippen LogP contribution in [-0.4, -0.2) is 6.61 Å². The molecule has 0 amide bonds. The second-order valence-corrected chi connectivity index (χ2v) is 7.36. The highest BCUT2D eigenvalue weighted by molar-refractivity contribution is 5.88. The van der Waals surface area contributed by atoms with Gasteiger partial charge in [0.2, 0.25) is 0 Å². The summed E-state index contributed by atoms with van der Waals surface area (Å²) in [5.41, 5.74) is 3.39. The first-order valence-corrected chi connectivity index (χ1v) is 10.2. The lowest BCUT2D eigenvalue weighted by Crippen LogP contribution is -1.97. The van der Waals surface area contributed by atoms with Crippen molar-refractivity contribution in [3.63, 3.8) is 0 Å². The summed E-state index contributed by atoms with van der Waals surface area (Å²) in [6.45, 7) is 2.57. The molecule has 0 aromatic heterocycles.